The van der Waals surface area contributed by atoms with Crippen LogP contribution < -0.4 is 5.32 Å². The number of carbonyl (C=O) groups is 1. The molecule has 0 saturated heterocycles. The topological polar surface area (TPSA) is 66.5 Å². The van der Waals surface area contributed by atoms with Crippen LogP contribution in [0.1, 0.15) is 25.0 Å². The highest BCUT2D eigenvalue weighted by molar-refractivity contribution is 7.89. The van der Waals surface area contributed by atoms with Crippen molar-refractivity contribution in [3.8, 4) is 0 Å². The Balaban J connectivity index is 1.86. The molecular formula is C25H26N2O3S. The quantitative estimate of drug-likeness (QED) is 0.405. The SMILES string of the molecule is CCN(CC)S(=O)(=O)c1ccc(NC(=O)/C(=C/c2ccccc2)c2ccccc2)cc1. The largest absolute Gasteiger partial charge is 0.322 e. The van der Waals surface area contributed by atoms with Gasteiger partial charge in [-0.2, -0.15) is 4.31 Å². The van der Waals surface area contributed by atoms with E-state index in [1.54, 1.807) is 26.0 Å². The van der Waals surface area contributed by atoms with Gasteiger partial charge in [0.1, 0.15) is 0 Å². The van der Waals surface area contributed by atoms with Crippen molar-refractivity contribution < 1.29 is 13.2 Å². The highest BCUT2D eigenvalue weighted by Gasteiger charge is 2.21. The monoisotopic (exact) mass is 434 g/mol. The molecule has 0 fully saturated rings. The second-order valence-electron chi connectivity index (χ2n) is 6.90. The Kier molecular flexibility index (Phi) is 7.39. The minimum absolute atomic E-state index is 0.206. The van der Waals surface area contributed by atoms with E-state index >= 15 is 0 Å². The second kappa shape index (κ2) is 10.2. The molecule has 160 valence electrons. The first-order valence-corrected chi connectivity index (χ1v) is 11.6. The molecule has 0 aliphatic heterocycles. The predicted molar refractivity (Wildman–Crippen MR) is 126 cm³/mol. The third kappa shape index (κ3) is 5.48. The van der Waals surface area contributed by atoms with Crippen LogP contribution in [-0.4, -0.2) is 31.7 Å². The standard InChI is InChI=1S/C25H26N2O3S/c1-3-27(4-2)31(29,30)23-17-15-22(16-18-23)26-25(28)24(21-13-9-6-10-14-21)19-20-11-7-5-8-12-20/h5-19H,3-4H2,1-2H3,(H,26,28)/b24-19+. The lowest BCUT2D eigenvalue weighted by Gasteiger charge is -2.18. The summed E-state index contributed by atoms with van der Waals surface area (Å²) in [4.78, 5) is 13.3. The molecule has 0 aliphatic carbocycles. The minimum atomic E-state index is -3.54. The molecule has 1 amide bonds. The van der Waals surface area contributed by atoms with E-state index in [1.807, 2.05) is 66.7 Å². The van der Waals surface area contributed by atoms with E-state index in [9.17, 15) is 13.2 Å². The number of nitrogens with zero attached hydrogens (tertiary/aromatic N) is 1. The summed E-state index contributed by atoms with van der Waals surface area (Å²) in [5.74, 6) is -0.269. The number of benzene rings is 3. The van der Waals surface area contributed by atoms with Gasteiger partial charge < -0.3 is 5.32 Å². The van der Waals surface area contributed by atoms with Crippen LogP contribution in [0.3, 0.4) is 0 Å². The number of anilines is 1. The summed E-state index contributed by atoms with van der Waals surface area (Å²) in [5.41, 5.74) is 2.76. The Morgan fingerprint density at radius 2 is 1.39 bits per heavy atom. The van der Waals surface area contributed by atoms with Crippen molar-refractivity contribution in [3.05, 3.63) is 96.1 Å². The molecule has 0 heterocycles. The van der Waals surface area contributed by atoms with Crippen LogP contribution in [0, 0.1) is 0 Å². The lowest BCUT2D eigenvalue weighted by atomic mass is 10.0. The predicted octanol–water partition coefficient (Wildman–Crippen LogP) is 4.90. The van der Waals surface area contributed by atoms with Crippen molar-refractivity contribution in [2.45, 2.75) is 18.7 Å². The Morgan fingerprint density at radius 3 is 1.94 bits per heavy atom. The van der Waals surface area contributed by atoms with E-state index in [1.165, 1.54) is 16.4 Å². The fourth-order valence-corrected chi connectivity index (χ4v) is 4.69. The number of sulfonamides is 1. The summed E-state index contributed by atoms with van der Waals surface area (Å²) >= 11 is 0. The van der Waals surface area contributed by atoms with E-state index < -0.39 is 10.0 Å². The van der Waals surface area contributed by atoms with E-state index in [2.05, 4.69) is 5.32 Å². The van der Waals surface area contributed by atoms with Crippen molar-refractivity contribution >= 4 is 33.3 Å². The van der Waals surface area contributed by atoms with Gasteiger partial charge in [-0.05, 0) is 41.5 Å². The molecule has 0 aromatic heterocycles. The van der Waals surface area contributed by atoms with Gasteiger partial charge in [-0.3, -0.25) is 4.79 Å². The summed E-state index contributed by atoms with van der Waals surface area (Å²) in [5, 5.41) is 2.88. The van der Waals surface area contributed by atoms with Crippen LogP contribution in [-0.2, 0) is 14.8 Å². The fourth-order valence-electron chi connectivity index (χ4n) is 3.23. The Morgan fingerprint density at radius 1 is 0.839 bits per heavy atom. The van der Waals surface area contributed by atoms with Crippen molar-refractivity contribution in [2.24, 2.45) is 0 Å². The molecule has 0 unspecified atom stereocenters. The zero-order valence-corrected chi connectivity index (χ0v) is 18.5. The number of hydrogen-bond donors (Lipinski definition) is 1. The van der Waals surface area contributed by atoms with E-state index in [0.717, 1.165) is 11.1 Å². The smallest absolute Gasteiger partial charge is 0.256 e. The first-order valence-electron chi connectivity index (χ1n) is 10.2. The van der Waals surface area contributed by atoms with E-state index in [-0.39, 0.29) is 10.8 Å². The van der Waals surface area contributed by atoms with Crippen LogP contribution >= 0.6 is 0 Å². The zero-order valence-electron chi connectivity index (χ0n) is 17.7. The lowest BCUT2D eigenvalue weighted by Crippen LogP contribution is -2.30. The van der Waals surface area contributed by atoms with E-state index in [4.69, 9.17) is 0 Å². The Bertz CT molecular complexity index is 1140. The van der Waals surface area contributed by atoms with Crippen LogP contribution in [0.15, 0.2) is 89.8 Å². The number of hydrogen-bond acceptors (Lipinski definition) is 3. The van der Waals surface area contributed by atoms with Gasteiger partial charge in [0.25, 0.3) is 5.91 Å². The van der Waals surface area contributed by atoms with Crippen molar-refractivity contribution in [1.82, 2.24) is 4.31 Å². The number of amides is 1. The molecular weight excluding hydrogens is 408 g/mol. The molecule has 3 aromatic carbocycles. The van der Waals surface area contributed by atoms with Gasteiger partial charge in [0, 0.05) is 24.4 Å². The molecule has 3 rings (SSSR count). The summed E-state index contributed by atoms with van der Waals surface area (Å²) in [7, 11) is -3.54. The Labute approximate surface area is 184 Å². The summed E-state index contributed by atoms with van der Waals surface area (Å²) in [6, 6.07) is 25.3. The summed E-state index contributed by atoms with van der Waals surface area (Å²) in [6.07, 6.45) is 1.84. The van der Waals surface area contributed by atoms with E-state index in [0.29, 0.717) is 24.4 Å². The molecule has 0 atom stereocenters. The van der Waals surface area contributed by atoms with Gasteiger partial charge in [0.2, 0.25) is 10.0 Å². The molecule has 0 saturated carbocycles. The van der Waals surface area contributed by atoms with Gasteiger partial charge >= 0.3 is 0 Å². The first kappa shape index (κ1) is 22.5. The number of carbonyl (C=O) groups excluding carboxylic acids is 1. The minimum Gasteiger partial charge on any atom is -0.322 e. The first-order chi connectivity index (χ1) is 15.0. The van der Waals surface area contributed by atoms with Crippen molar-refractivity contribution in [1.29, 1.82) is 0 Å². The van der Waals surface area contributed by atoms with Crippen molar-refractivity contribution in [2.75, 3.05) is 18.4 Å². The Hall–Kier alpha value is -3.22. The third-order valence-corrected chi connectivity index (χ3v) is 6.96. The maximum Gasteiger partial charge on any atom is 0.256 e. The van der Waals surface area contributed by atoms with Gasteiger partial charge in [0.15, 0.2) is 0 Å². The summed E-state index contributed by atoms with van der Waals surface area (Å²) in [6.45, 7) is 4.42. The number of rotatable bonds is 8. The normalized spacial score (nSPS) is 12.0. The number of nitrogens with one attached hydrogen (secondary N) is 1. The molecule has 5 nitrogen and oxygen atoms in total. The third-order valence-electron chi connectivity index (χ3n) is 4.90. The lowest BCUT2D eigenvalue weighted by molar-refractivity contribution is -0.111. The fraction of sp³-hybridized carbons (Fsp3) is 0.160. The molecule has 6 heteroatoms. The van der Waals surface area contributed by atoms with Crippen LogP contribution in [0.2, 0.25) is 0 Å². The van der Waals surface area contributed by atoms with Crippen LogP contribution in [0.25, 0.3) is 11.6 Å². The molecule has 0 radical (unpaired) electrons. The van der Waals surface area contributed by atoms with Gasteiger partial charge in [-0.1, -0.05) is 74.5 Å². The average molecular weight is 435 g/mol. The second-order valence-corrected chi connectivity index (χ2v) is 8.84. The van der Waals surface area contributed by atoms with Crippen LogP contribution in [0.5, 0.6) is 0 Å². The maximum atomic E-state index is 13.1. The van der Waals surface area contributed by atoms with Crippen LogP contribution in [0.4, 0.5) is 5.69 Å². The maximum absolute atomic E-state index is 13.1. The molecule has 1 N–H and O–H groups in total. The molecule has 0 aliphatic rings. The van der Waals surface area contributed by atoms with Gasteiger partial charge in [-0.25, -0.2) is 8.42 Å². The zero-order chi connectivity index (χ0) is 22.3. The molecule has 3 aromatic rings. The van der Waals surface area contributed by atoms with Crippen molar-refractivity contribution in [3.63, 3.8) is 0 Å². The molecule has 0 spiro atoms. The average Bonchev–Trinajstić information content (AvgIpc) is 2.79. The highest BCUT2D eigenvalue weighted by atomic mass is 32.2. The summed E-state index contributed by atoms with van der Waals surface area (Å²) < 4.78 is 26.7. The van der Waals surface area contributed by atoms with Gasteiger partial charge in [-0.15, -0.1) is 0 Å². The molecule has 31 heavy (non-hydrogen) atoms. The molecule has 0 bridgehead atoms. The highest BCUT2D eigenvalue weighted by Crippen LogP contribution is 2.22. The van der Waals surface area contributed by atoms with Gasteiger partial charge in [0.05, 0.1) is 4.90 Å².